The molecular formula is C15H17NO5S. The highest BCUT2D eigenvalue weighted by Crippen LogP contribution is 2.60. The number of sulfone groups is 1. The van der Waals surface area contributed by atoms with Gasteiger partial charge in [-0.25, -0.2) is 13.2 Å². The number of carboxylic acid groups (broad SMARTS) is 1. The molecule has 1 saturated heterocycles. The molecule has 2 aliphatic rings. The number of benzene rings is 1. The Morgan fingerprint density at radius 1 is 1.14 bits per heavy atom. The first-order chi connectivity index (χ1) is 10.3. The van der Waals surface area contributed by atoms with E-state index >= 15 is 0 Å². The van der Waals surface area contributed by atoms with Crippen LogP contribution in [0.25, 0.3) is 0 Å². The molecule has 0 bridgehead atoms. The van der Waals surface area contributed by atoms with Crippen LogP contribution in [-0.2, 0) is 14.6 Å². The predicted octanol–water partition coefficient (Wildman–Crippen LogP) is 1.54. The summed E-state index contributed by atoms with van der Waals surface area (Å²) in [5.41, 5.74) is 0.579. The fraction of sp³-hybridized carbons (Fsp3) is 0.467. The molecule has 1 spiro atoms. The molecule has 7 heteroatoms. The molecule has 6 nitrogen and oxygen atoms in total. The van der Waals surface area contributed by atoms with Crippen molar-refractivity contribution in [3.63, 3.8) is 0 Å². The van der Waals surface area contributed by atoms with Crippen LogP contribution < -0.4 is 5.32 Å². The topological polar surface area (TPSA) is 101 Å². The molecule has 0 aromatic heterocycles. The summed E-state index contributed by atoms with van der Waals surface area (Å²) in [6.45, 7) is 0. The van der Waals surface area contributed by atoms with Crippen molar-refractivity contribution in [2.75, 3.05) is 16.8 Å². The van der Waals surface area contributed by atoms with Gasteiger partial charge in [-0.2, -0.15) is 0 Å². The van der Waals surface area contributed by atoms with E-state index in [2.05, 4.69) is 5.32 Å². The lowest BCUT2D eigenvalue weighted by atomic mass is 9.96. The average Bonchev–Trinajstić information content (AvgIpc) is 3.18. The number of aromatic carboxylic acids is 1. The van der Waals surface area contributed by atoms with Crippen LogP contribution in [0.4, 0.5) is 5.69 Å². The van der Waals surface area contributed by atoms with Gasteiger partial charge in [0.2, 0.25) is 5.91 Å². The third kappa shape index (κ3) is 2.85. The number of nitrogens with one attached hydrogen (secondary N) is 1. The highest BCUT2D eigenvalue weighted by molar-refractivity contribution is 7.91. The summed E-state index contributed by atoms with van der Waals surface area (Å²) in [5.74, 6) is -0.916. The Kier molecular flexibility index (Phi) is 3.47. The second-order valence-corrected chi connectivity index (χ2v) is 8.45. The van der Waals surface area contributed by atoms with Crippen LogP contribution in [0.2, 0.25) is 0 Å². The average molecular weight is 323 g/mol. The largest absolute Gasteiger partial charge is 0.478 e. The van der Waals surface area contributed by atoms with Gasteiger partial charge in [-0.05, 0) is 48.9 Å². The Morgan fingerprint density at radius 3 is 2.27 bits per heavy atom. The van der Waals surface area contributed by atoms with Crippen molar-refractivity contribution in [1.29, 1.82) is 0 Å². The lowest BCUT2D eigenvalue weighted by Crippen LogP contribution is -2.28. The van der Waals surface area contributed by atoms with Crippen molar-refractivity contribution in [3.8, 4) is 0 Å². The van der Waals surface area contributed by atoms with Crippen molar-refractivity contribution in [2.24, 2.45) is 11.3 Å². The molecule has 1 unspecified atom stereocenters. The smallest absolute Gasteiger partial charge is 0.335 e. The number of anilines is 1. The third-order valence-corrected chi connectivity index (χ3v) is 6.38. The first kappa shape index (κ1) is 15.0. The molecule has 1 heterocycles. The summed E-state index contributed by atoms with van der Waals surface area (Å²) in [4.78, 5) is 23.0. The minimum Gasteiger partial charge on any atom is -0.478 e. The van der Waals surface area contributed by atoms with Gasteiger partial charge in [-0.1, -0.05) is 0 Å². The molecular weight excluding hydrogens is 306 g/mol. The minimum absolute atomic E-state index is 0.109. The number of rotatable bonds is 3. The van der Waals surface area contributed by atoms with Crippen LogP contribution in [0, 0.1) is 11.3 Å². The van der Waals surface area contributed by atoms with E-state index in [1.807, 2.05) is 0 Å². The molecule has 1 aromatic rings. The van der Waals surface area contributed by atoms with Gasteiger partial charge in [-0.3, -0.25) is 4.79 Å². The Bertz CT molecular complexity index is 709. The van der Waals surface area contributed by atoms with Crippen molar-refractivity contribution < 1.29 is 23.1 Å². The molecule has 2 N–H and O–H groups in total. The molecule has 1 saturated carbocycles. The van der Waals surface area contributed by atoms with Gasteiger partial charge in [-0.15, -0.1) is 0 Å². The Labute approximate surface area is 128 Å². The number of carbonyl (C=O) groups is 2. The van der Waals surface area contributed by atoms with Crippen LogP contribution in [0.5, 0.6) is 0 Å². The van der Waals surface area contributed by atoms with Crippen molar-refractivity contribution in [1.82, 2.24) is 0 Å². The maximum Gasteiger partial charge on any atom is 0.335 e. The minimum atomic E-state index is -2.92. The molecule has 1 aromatic carbocycles. The van der Waals surface area contributed by atoms with Crippen LogP contribution in [0.15, 0.2) is 24.3 Å². The first-order valence-electron chi connectivity index (χ1n) is 7.16. The zero-order valence-corrected chi connectivity index (χ0v) is 12.7. The second-order valence-electron chi connectivity index (χ2n) is 6.14. The van der Waals surface area contributed by atoms with Gasteiger partial charge in [0.05, 0.1) is 17.1 Å². The lowest BCUT2D eigenvalue weighted by molar-refractivity contribution is -0.118. The molecule has 118 valence electrons. The molecule has 2 fully saturated rings. The third-order valence-electron chi connectivity index (χ3n) is 4.73. The Balaban J connectivity index is 1.61. The first-order valence-corrected chi connectivity index (χ1v) is 8.98. The molecule has 1 amide bonds. The Hall–Kier alpha value is -1.89. The normalized spacial score (nSPS) is 24.6. The highest BCUT2D eigenvalue weighted by Gasteiger charge is 2.59. The van der Waals surface area contributed by atoms with E-state index < -0.39 is 15.8 Å². The zero-order valence-electron chi connectivity index (χ0n) is 11.9. The predicted molar refractivity (Wildman–Crippen MR) is 80.5 cm³/mol. The van der Waals surface area contributed by atoms with Crippen LogP contribution in [-0.4, -0.2) is 36.9 Å². The van der Waals surface area contributed by atoms with Gasteiger partial charge in [0, 0.05) is 11.6 Å². The Morgan fingerprint density at radius 2 is 1.73 bits per heavy atom. The second kappa shape index (κ2) is 5.08. The van der Waals surface area contributed by atoms with E-state index in [0.717, 1.165) is 6.42 Å². The summed E-state index contributed by atoms with van der Waals surface area (Å²) in [6.07, 6.45) is 1.86. The molecule has 22 heavy (non-hydrogen) atoms. The van der Waals surface area contributed by atoms with E-state index in [0.29, 0.717) is 18.5 Å². The SMILES string of the molecule is O=C(O)c1ccc(NC(=O)C2CC23CCS(=O)(=O)CC3)cc1. The van der Waals surface area contributed by atoms with Gasteiger partial charge >= 0.3 is 5.97 Å². The number of carbonyl (C=O) groups excluding carboxylic acids is 1. The molecule has 1 aliphatic heterocycles. The quantitative estimate of drug-likeness (QED) is 0.878. The zero-order chi connectivity index (χ0) is 16.0. The van der Waals surface area contributed by atoms with Crippen LogP contribution in [0.1, 0.15) is 29.6 Å². The highest BCUT2D eigenvalue weighted by atomic mass is 32.2. The van der Waals surface area contributed by atoms with E-state index in [1.165, 1.54) is 12.1 Å². The van der Waals surface area contributed by atoms with Gasteiger partial charge in [0.1, 0.15) is 9.84 Å². The van der Waals surface area contributed by atoms with E-state index in [9.17, 15) is 18.0 Å². The summed E-state index contributed by atoms with van der Waals surface area (Å²) < 4.78 is 22.9. The standard InChI is InChI=1S/C15H17NO5S/c17-13(16-11-3-1-10(2-4-11)14(18)19)12-9-15(12)5-7-22(20,21)8-6-15/h1-4,12H,5-9H2,(H,16,17)(H,18,19). The van der Waals surface area contributed by atoms with Crippen LogP contribution >= 0.6 is 0 Å². The van der Waals surface area contributed by atoms with E-state index in [1.54, 1.807) is 12.1 Å². The molecule has 1 aliphatic carbocycles. The number of carboxylic acids is 1. The monoisotopic (exact) mass is 323 g/mol. The summed E-state index contributed by atoms with van der Waals surface area (Å²) in [6, 6.07) is 5.99. The molecule has 1 atom stereocenters. The number of amides is 1. The van der Waals surface area contributed by atoms with Crippen molar-refractivity contribution in [3.05, 3.63) is 29.8 Å². The maximum atomic E-state index is 12.3. The van der Waals surface area contributed by atoms with Crippen molar-refractivity contribution in [2.45, 2.75) is 19.3 Å². The maximum absolute atomic E-state index is 12.3. The lowest BCUT2D eigenvalue weighted by Gasteiger charge is -2.22. The van der Waals surface area contributed by atoms with E-state index in [-0.39, 0.29) is 34.3 Å². The molecule has 0 radical (unpaired) electrons. The van der Waals surface area contributed by atoms with Gasteiger partial charge < -0.3 is 10.4 Å². The fourth-order valence-electron chi connectivity index (χ4n) is 3.14. The molecule has 3 rings (SSSR count). The fourth-order valence-corrected chi connectivity index (χ4v) is 4.78. The summed E-state index contributed by atoms with van der Waals surface area (Å²) >= 11 is 0. The van der Waals surface area contributed by atoms with Crippen molar-refractivity contribution >= 4 is 27.4 Å². The number of hydrogen-bond donors (Lipinski definition) is 2. The number of hydrogen-bond acceptors (Lipinski definition) is 4. The van der Waals surface area contributed by atoms with E-state index in [4.69, 9.17) is 5.11 Å². The van der Waals surface area contributed by atoms with Gasteiger partial charge in [0.15, 0.2) is 0 Å². The summed E-state index contributed by atoms with van der Waals surface area (Å²) in [5, 5.41) is 11.6. The summed E-state index contributed by atoms with van der Waals surface area (Å²) in [7, 11) is -2.92. The van der Waals surface area contributed by atoms with Crippen LogP contribution in [0.3, 0.4) is 0 Å². The van der Waals surface area contributed by atoms with Gasteiger partial charge in [0.25, 0.3) is 0 Å².